The second-order valence-corrected chi connectivity index (χ2v) is 5.00. The predicted octanol–water partition coefficient (Wildman–Crippen LogP) is 2.05. The number of hydrogen-bond donors (Lipinski definition) is 1. The van der Waals surface area contributed by atoms with E-state index in [9.17, 15) is 0 Å². The van der Waals surface area contributed by atoms with Crippen LogP contribution in [0.25, 0.3) is 0 Å². The Morgan fingerprint density at radius 1 is 1.47 bits per heavy atom. The number of aromatic nitrogens is 2. The highest BCUT2D eigenvalue weighted by atomic mass is 15.0. The number of nitrogens with zero attached hydrogens (tertiary/aromatic N) is 2. The fourth-order valence-corrected chi connectivity index (χ4v) is 2.15. The van der Waals surface area contributed by atoms with E-state index >= 15 is 0 Å². The van der Waals surface area contributed by atoms with Crippen LogP contribution >= 0.6 is 0 Å². The predicted molar refractivity (Wildman–Crippen MR) is 61.7 cm³/mol. The summed E-state index contributed by atoms with van der Waals surface area (Å²) in [6.45, 7) is 5.77. The Kier molecular flexibility index (Phi) is 3.41. The van der Waals surface area contributed by atoms with E-state index in [1.165, 1.54) is 32.2 Å². The van der Waals surface area contributed by atoms with Gasteiger partial charge in [0.2, 0.25) is 0 Å². The number of aryl methyl sites for hydroxylation is 1. The maximum atomic E-state index is 4.03. The highest BCUT2D eigenvalue weighted by Gasteiger charge is 2.30. The zero-order valence-electron chi connectivity index (χ0n) is 9.58. The zero-order chi connectivity index (χ0) is 10.6. The summed E-state index contributed by atoms with van der Waals surface area (Å²) >= 11 is 0. The van der Waals surface area contributed by atoms with Crippen LogP contribution in [0.3, 0.4) is 0 Å². The highest BCUT2D eigenvalue weighted by Crippen LogP contribution is 2.39. The largest absolute Gasteiger partial charge is 0.337 e. The van der Waals surface area contributed by atoms with Crippen molar-refractivity contribution in [1.29, 1.82) is 0 Å². The van der Waals surface area contributed by atoms with E-state index in [2.05, 4.69) is 21.8 Å². The third-order valence-corrected chi connectivity index (χ3v) is 3.44. The smallest absolute Gasteiger partial charge is 0.0945 e. The summed E-state index contributed by atoms with van der Waals surface area (Å²) in [5.41, 5.74) is 0.606. The molecule has 2 rings (SSSR count). The van der Waals surface area contributed by atoms with Crippen LogP contribution in [0, 0.1) is 5.41 Å². The molecule has 1 aliphatic carbocycles. The monoisotopic (exact) mass is 207 g/mol. The van der Waals surface area contributed by atoms with E-state index in [1.807, 2.05) is 18.7 Å². The van der Waals surface area contributed by atoms with Crippen LogP contribution in [-0.4, -0.2) is 22.6 Å². The zero-order valence-corrected chi connectivity index (χ0v) is 9.58. The molecule has 1 aromatic rings. The molecule has 1 aliphatic rings. The van der Waals surface area contributed by atoms with Crippen LogP contribution in [0.4, 0.5) is 0 Å². The van der Waals surface area contributed by atoms with Crippen molar-refractivity contribution in [3.05, 3.63) is 18.7 Å². The van der Waals surface area contributed by atoms with E-state index in [1.54, 1.807) is 0 Å². The molecule has 0 aliphatic heterocycles. The number of nitrogens with one attached hydrogen (secondary N) is 1. The lowest BCUT2D eigenvalue weighted by atomic mass is 9.70. The topological polar surface area (TPSA) is 29.9 Å². The van der Waals surface area contributed by atoms with Gasteiger partial charge in [-0.1, -0.05) is 13.3 Å². The minimum absolute atomic E-state index is 0.606. The van der Waals surface area contributed by atoms with Crippen LogP contribution in [0.15, 0.2) is 18.7 Å². The van der Waals surface area contributed by atoms with Gasteiger partial charge in [0.05, 0.1) is 6.33 Å². The molecule has 0 unspecified atom stereocenters. The third-order valence-electron chi connectivity index (χ3n) is 3.44. The maximum Gasteiger partial charge on any atom is 0.0945 e. The van der Waals surface area contributed by atoms with Gasteiger partial charge < -0.3 is 9.88 Å². The van der Waals surface area contributed by atoms with Crippen molar-refractivity contribution in [2.75, 3.05) is 13.1 Å². The molecule has 1 fully saturated rings. The van der Waals surface area contributed by atoms with Crippen molar-refractivity contribution < 1.29 is 0 Å². The van der Waals surface area contributed by atoms with Gasteiger partial charge >= 0.3 is 0 Å². The van der Waals surface area contributed by atoms with E-state index in [4.69, 9.17) is 0 Å². The normalized spacial score (nSPS) is 18.7. The Bertz CT molecular complexity index is 275. The lowest BCUT2D eigenvalue weighted by Gasteiger charge is -2.38. The van der Waals surface area contributed by atoms with Crippen LogP contribution < -0.4 is 5.32 Å². The van der Waals surface area contributed by atoms with Gasteiger partial charge in [-0.05, 0) is 31.2 Å². The first-order valence-electron chi connectivity index (χ1n) is 5.95. The number of rotatable bonds is 6. The van der Waals surface area contributed by atoms with Gasteiger partial charge in [0.25, 0.3) is 0 Å². The third kappa shape index (κ3) is 3.06. The van der Waals surface area contributed by atoms with Gasteiger partial charge in [-0.3, -0.25) is 0 Å². The first-order valence-corrected chi connectivity index (χ1v) is 5.95. The molecule has 3 heteroatoms. The van der Waals surface area contributed by atoms with Gasteiger partial charge in [0.1, 0.15) is 0 Å². The lowest BCUT2D eigenvalue weighted by Crippen LogP contribution is -2.37. The molecule has 3 nitrogen and oxygen atoms in total. The van der Waals surface area contributed by atoms with Crippen LogP contribution in [0.5, 0.6) is 0 Å². The average molecular weight is 207 g/mol. The summed E-state index contributed by atoms with van der Waals surface area (Å²) < 4.78 is 2.13. The quantitative estimate of drug-likeness (QED) is 0.724. The van der Waals surface area contributed by atoms with Crippen molar-refractivity contribution in [1.82, 2.24) is 14.9 Å². The fraction of sp³-hybridized carbons (Fsp3) is 0.750. The molecule has 0 atom stereocenters. The fourth-order valence-electron chi connectivity index (χ4n) is 2.15. The van der Waals surface area contributed by atoms with Gasteiger partial charge in [-0.2, -0.15) is 0 Å². The summed E-state index contributed by atoms with van der Waals surface area (Å²) in [7, 11) is 0. The van der Waals surface area contributed by atoms with E-state index < -0.39 is 0 Å². The van der Waals surface area contributed by atoms with Gasteiger partial charge in [-0.25, -0.2) is 4.98 Å². The molecular formula is C12H21N3. The number of hydrogen-bond acceptors (Lipinski definition) is 2. The molecule has 0 radical (unpaired) electrons. The van der Waals surface area contributed by atoms with Crippen LogP contribution in [-0.2, 0) is 6.54 Å². The molecule has 0 bridgehead atoms. The summed E-state index contributed by atoms with van der Waals surface area (Å²) in [4.78, 5) is 4.03. The number of imidazole rings is 1. The van der Waals surface area contributed by atoms with Gasteiger partial charge in [0, 0.05) is 25.5 Å². The second kappa shape index (κ2) is 4.79. The standard InChI is InChI=1S/C12H21N3/c1-12(4-2-5-12)10-13-6-3-8-15-9-7-14-11-15/h7,9,11,13H,2-6,8,10H2,1H3. The molecular weight excluding hydrogens is 186 g/mol. The molecule has 0 aromatic carbocycles. The van der Waals surface area contributed by atoms with Crippen molar-refractivity contribution in [2.45, 2.75) is 39.2 Å². The summed E-state index contributed by atoms with van der Waals surface area (Å²) in [5, 5.41) is 3.56. The molecule has 0 amide bonds. The van der Waals surface area contributed by atoms with E-state index in [0.717, 1.165) is 13.1 Å². The SMILES string of the molecule is CC1(CNCCCn2ccnc2)CCC1. The van der Waals surface area contributed by atoms with Crippen LogP contribution in [0.2, 0.25) is 0 Å². The Hall–Kier alpha value is -0.830. The van der Waals surface area contributed by atoms with Crippen molar-refractivity contribution in [2.24, 2.45) is 5.41 Å². The Labute approximate surface area is 91.9 Å². The maximum absolute atomic E-state index is 4.03. The van der Waals surface area contributed by atoms with E-state index in [-0.39, 0.29) is 0 Å². The molecule has 0 saturated heterocycles. The van der Waals surface area contributed by atoms with Crippen molar-refractivity contribution in [3.8, 4) is 0 Å². The summed E-state index contributed by atoms with van der Waals surface area (Å²) in [6, 6.07) is 0. The van der Waals surface area contributed by atoms with Crippen LogP contribution in [0.1, 0.15) is 32.6 Å². The highest BCUT2D eigenvalue weighted by molar-refractivity contribution is 4.85. The van der Waals surface area contributed by atoms with Crippen molar-refractivity contribution >= 4 is 0 Å². The molecule has 1 aromatic heterocycles. The molecule has 1 N–H and O–H groups in total. The molecule has 0 spiro atoms. The summed E-state index contributed by atoms with van der Waals surface area (Å²) in [5.74, 6) is 0. The second-order valence-electron chi connectivity index (χ2n) is 5.00. The van der Waals surface area contributed by atoms with Gasteiger partial charge in [-0.15, -0.1) is 0 Å². The van der Waals surface area contributed by atoms with Crippen molar-refractivity contribution in [3.63, 3.8) is 0 Å². The molecule has 1 heterocycles. The molecule has 15 heavy (non-hydrogen) atoms. The molecule has 84 valence electrons. The Balaban J connectivity index is 1.52. The van der Waals surface area contributed by atoms with Gasteiger partial charge in [0.15, 0.2) is 0 Å². The molecule has 1 saturated carbocycles. The summed E-state index contributed by atoms with van der Waals surface area (Å²) in [6.07, 6.45) is 11.2. The average Bonchev–Trinajstić information content (AvgIpc) is 2.67. The minimum atomic E-state index is 0.606. The Morgan fingerprint density at radius 2 is 2.33 bits per heavy atom. The Morgan fingerprint density at radius 3 is 2.93 bits per heavy atom. The first-order chi connectivity index (χ1) is 7.29. The van der Waals surface area contributed by atoms with E-state index in [0.29, 0.717) is 5.41 Å². The minimum Gasteiger partial charge on any atom is -0.337 e. The first kappa shape index (κ1) is 10.7. The lowest BCUT2D eigenvalue weighted by molar-refractivity contribution is 0.157.